The number of fused-ring (bicyclic) bond motifs is 1. The van der Waals surface area contributed by atoms with Gasteiger partial charge >= 0.3 is 12.0 Å². The molecule has 4 atom stereocenters. The minimum atomic E-state index is -0.969. The number of carbonyl (C=O) groups is 3. The van der Waals surface area contributed by atoms with Crippen LogP contribution in [0, 0.1) is 22.7 Å². The maximum absolute atomic E-state index is 13.2. The van der Waals surface area contributed by atoms with Crippen molar-refractivity contribution < 1.29 is 19.5 Å². The number of hydrogen-bond donors (Lipinski definition) is 3. The summed E-state index contributed by atoms with van der Waals surface area (Å²) in [5.41, 5.74) is -1.02. The van der Waals surface area contributed by atoms with E-state index in [1.807, 2.05) is 41.5 Å². The summed E-state index contributed by atoms with van der Waals surface area (Å²) in [4.78, 5) is 38.8. The molecular weight excluding hydrogens is 334 g/mol. The Morgan fingerprint density at radius 2 is 1.65 bits per heavy atom. The highest BCUT2D eigenvalue weighted by Gasteiger charge is 2.70. The highest BCUT2D eigenvalue weighted by molar-refractivity contribution is 5.92. The summed E-state index contributed by atoms with van der Waals surface area (Å²) in [7, 11) is 0. The molecule has 7 heteroatoms. The standard InChI is InChI=1S/C19H33N3O4/c1-17(2,3)13(20-16(26)21-18(4,5)6)14(23)22-9-10-11(19(10,7)8)12(22)15(24)25/h10-13H,9H2,1-8H3,(H,24,25)(H2,20,21,26)/t10-,11-,12?,13?/m0/s1. The van der Waals surface area contributed by atoms with Crippen LogP contribution in [0.5, 0.6) is 0 Å². The van der Waals surface area contributed by atoms with Gasteiger partial charge < -0.3 is 20.6 Å². The normalized spacial score (nSPS) is 28.2. The number of urea groups is 1. The van der Waals surface area contributed by atoms with Crippen molar-refractivity contribution in [3.63, 3.8) is 0 Å². The van der Waals surface area contributed by atoms with E-state index in [0.717, 1.165) is 0 Å². The largest absolute Gasteiger partial charge is 0.480 e. The van der Waals surface area contributed by atoms with Crippen molar-refractivity contribution in [2.24, 2.45) is 22.7 Å². The smallest absolute Gasteiger partial charge is 0.326 e. The summed E-state index contributed by atoms with van der Waals surface area (Å²) in [6.45, 7) is 15.7. The second kappa shape index (κ2) is 6.13. The monoisotopic (exact) mass is 367 g/mol. The number of nitrogens with one attached hydrogen (secondary N) is 2. The van der Waals surface area contributed by atoms with Gasteiger partial charge in [-0.3, -0.25) is 4.79 Å². The average Bonchev–Trinajstić information content (AvgIpc) is 2.81. The summed E-state index contributed by atoms with van der Waals surface area (Å²) >= 11 is 0. The van der Waals surface area contributed by atoms with Crippen LogP contribution in [0.3, 0.4) is 0 Å². The summed E-state index contributed by atoms with van der Waals surface area (Å²) in [5.74, 6) is -1.11. The number of aliphatic carboxylic acids is 1. The van der Waals surface area contributed by atoms with Crippen LogP contribution in [-0.4, -0.2) is 52.1 Å². The first-order valence-electron chi connectivity index (χ1n) is 9.19. The predicted octanol–water partition coefficient (Wildman–Crippen LogP) is 2.07. The van der Waals surface area contributed by atoms with Gasteiger partial charge in [0.05, 0.1) is 0 Å². The number of carboxylic acid groups (broad SMARTS) is 1. The van der Waals surface area contributed by atoms with E-state index in [1.165, 1.54) is 4.90 Å². The molecular formula is C19H33N3O4. The van der Waals surface area contributed by atoms with Crippen molar-refractivity contribution in [1.29, 1.82) is 0 Å². The minimum absolute atomic E-state index is 0.0204. The molecule has 0 radical (unpaired) electrons. The fourth-order valence-electron chi connectivity index (χ4n) is 4.12. The predicted molar refractivity (Wildman–Crippen MR) is 98.6 cm³/mol. The number of nitrogens with zero attached hydrogens (tertiary/aromatic N) is 1. The van der Waals surface area contributed by atoms with Gasteiger partial charge in [-0.15, -0.1) is 0 Å². The van der Waals surface area contributed by atoms with E-state index in [9.17, 15) is 19.5 Å². The lowest BCUT2D eigenvalue weighted by Gasteiger charge is -2.37. The van der Waals surface area contributed by atoms with E-state index in [4.69, 9.17) is 0 Å². The molecule has 2 rings (SSSR count). The molecule has 1 aliphatic carbocycles. The average molecular weight is 367 g/mol. The Balaban J connectivity index is 2.20. The number of carbonyl (C=O) groups excluding carboxylic acids is 2. The van der Waals surface area contributed by atoms with Gasteiger partial charge in [0.2, 0.25) is 5.91 Å². The van der Waals surface area contributed by atoms with Crippen molar-refractivity contribution in [1.82, 2.24) is 15.5 Å². The van der Waals surface area contributed by atoms with E-state index < -0.39 is 35.0 Å². The third-order valence-electron chi connectivity index (χ3n) is 5.62. The Labute approximate surface area is 155 Å². The third-order valence-corrected chi connectivity index (χ3v) is 5.62. The molecule has 3 amide bonds. The van der Waals surface area contributed by atoms with Gasteiger partial charge in [-0.1, -0.05) is 34.6 Å². The molecule has 1 heterocycles. The van der Waals surface area contributed by atoms with E-state index in [2.05, 4.69) is 24.5 Å². The van der Waals surface area contributed by atoms with Crippen LogP contribution in [0.4, 0.5) is 4.79 Å². The summed E-state index contributed by atoms with van der Waals surface area (Å²) in [6, 6.07) is -2.05. The lowest BCUT2D eigenvalue weighted by molar-refractivity contribution is -0.152. The van der Waals surface area contributed by atoms with Crippen LogP contribution >= 0.6 is 0 Å². The Morgan fingerprint density at radius 3 is 2.08 bits per heavy atom. The Kier molecular flexibility index (Phi) is 4.84. The maximum atomic E-state index is 13.2. The molecule has 26 heavy (non-hydrogen) atoms. The van der Waals surface area contributed by atoms with Crippen molar-refractivity contribution in [2.75, 3.05) is 6.54 Å². The van der Waals surface area contributed by atoms with Gasteiger partial charge in [0.15, 0.2) is 0 Å². The topological polar surface area (TPSA) is 98.7 Å². The van der Waals surface area contributed by atoms with Crippen molar-refractivity contribution in [3.05, 3.63) is 0 Å². The van der Waals surface area contributed by atoms with Gasteiger partial charge in [0.25, 0.3) is 0 Å². The SMILES string of the molecule is CC(C)(C)NC(=O)NC(C(=O)N1C[C@H]2[C@@H](C1C(=O)O)C2(C)C)C(C)(C)C. The molecule has 148 valence electrons. The molecule has 2 fully saturated rings. The van der Waals surface area contributed by atoms with Crippen LogP contribution in [0.1, 0.15) is 55.4 Å². The van der Waals surface area contributed by atoms with Gasteiger partial charge in [-0.25, -0.2) is 9.59 Å². The summed E-state index contributed by atoms with van der Waals surface area (Å²) in [5, 5.41) is 15.2. The number of rotatable bonds is 3. The zero-order valence-corrected chi connectivity index (χ0v) is 17.1. The van der Waals surface area contributed by atoms with E-state index in [0.29, 0.717) is 6.54 Å². The van der Waals surface area contributed by atoms with E-state index >= 15 is 0 Å². The molecule has 0 aromatic carbocycles. The fourth-order valence-corrected chi connectivity index (χ4v) is 4.12. The molecule has 1 saturated heterocycles. The van der Waals surface area contributed by atoms with Crippen LogP contribution in [0.15, 0.2) is 0 Å². The van der Waals surface area contributed by atoms with Crippen LogP contribution < -0.4 is 10.6 Å². The van der Waals surface area contributed by atoms with Crippen molar-refractivity contribution >= 4 is 17.9 Å². The Bertz CT molecular complexity index is 615. The molecule has 0 aromatic rings. The maximum Gasteiger partial charge on any atom is 0.326 e. The number of likely N-dealkylation sites (tertiary alicyclic amines) is 1. The van der Waals surface area contributed by atoms with Gasteiger partial charge in [0, 0.05) is 18.0 Å². The van der Waals surface area contributed by atoms with Crippen molar-refractivity contribution in [3.8, 4) is 0 Å². The molecule has 1 saturated carbocycles. The first-order chi connectivity index (χ1) is 11.6. The van der Waals surface area contributed by atoms with Gasteiger partial charge in [-0.05, 0) is 37.5 Å². The first kappa shape index (κ1) is 20.5. The number of hydrogen-bond acceptors (Lipinski definition) is 3. The zero-order valence-electron chi connectivity index (χ0n) is 17.1. The number of amides is 3. The quantitative estimate of drug-likeness (QED) is 0.711. The molecule has 0 spiro atoms. The number of carboxylic acids is 1. The van der Waals surface area contributed by atoms with Crippen molar-refractivity contribution in [2.45, 2.75) is 73.0 Å². The van der Waals surface area contributed by atoms with Gasteiger partial charge in [-0.2, -0.15) is 0 Å². The van der Waals surface area contributed by atoms with Crippen LogP contribution in [0.25, 0.3) is 0 Å². The lowest BCUT2D eigenvalue weighted by Crippen LogP contribution is -2.60. The Hall–Kier alpha value is -1.79. The molecule has 2 aliphatic rings. The summed E-state index contributed by atoms with van der Waals surface area (Å²) < 4.78 is 0. The highest BCUT2D eigenvalue weighted by Crippen LogP contribution is 2.64. The highest BCUT2D eigenvalue weighted by atomic mass is 16.4. The van der Waals surface area contributed by atoms with Gasteiger partial charge in [0.1, 0.15) is 12.1 Å². The fraction of sp³-hybridized carbons (Fsp3) is 0.842. The number of piperidine rings is 1. The first-order valence-corrected chi connectivity index (χ1v) is 9.19. The zero-order chi connectivity index (χ0) is 20.2. The van der Waals surface area contributed by atoms with E-state index in [-0.39, 0.29) is 23.2 Å². The molecule has 0 aromatic heterocycles. The van der Waals surface area contributed by atoms with Crippen LogP contribution in [-0.2, 0) is 9.59 Å². The molecule has 7 nitrogen and oxygen atoms in total. The second-order valence-electron chi connectivity index (χ2n) is 10.4. The molecule has 3 N–H and O–H groups in total. The van der Waals surface area contributed by atoms with E-state index in [1.54, 1.807) is 0 Å². The minimum Gasteiger partial charge on any atom is -0.480 e. The summed E-state index contributed by atoms with van der Waals surface area (Å²) in [6.07, 6.45) is 0. The molecule has 2 unspecified atom stereocenters. The second-order valence-corrected chi connectivity index (χ2v) is 10.4. The van der Waals surface area contributed by atoms with Crippen LogP contribution in [0.2, 0.25) is 0 Å². The molecule has 0 bridgehead atoms. The molecule has 1 aliphatic heterocycles. The third kappa shape index (κ3) is 3.81. The Morgan fingerprint density at radius 1 is 1.12 bits per heavy atom. The lowest BCUT2D eigenvalue weighted by atomic mass is 9.85.